The highest BCUT2D eigenvalue weighted by atomic mass is 35.5. The smallest absolute Gasteiger partial charge is 0.163 e. The molecule has 2 unspecified atom stereocenters. The summed E-state index contributed by atoms with van der Waals surface area (Å²) in [5, 5.41) is 13.4. The molecule has 0 aromatic heterocycles. The number of aliphatic hydroxyl groups excluding tert-OH is 1. The van der Waals surface area contributed by atoms with Crippen LogP contribution in [0, 0.1) is 0 Å². The molecule has 18 heavy (non-hydrogen) atoms. The molecular weight excluding hydrogens is 252 g/mol. The van der Waals surface area contributed by atoms with E-state index < -0.39 is 11.6 Å². The lowest BCUT2D eigenvalue weighted by Crippen LogP contribution is -2.54. The predicted molar refractivity (Wildman–Crippen MR) is 69.3 cm³/mol. The van der Waals surface area contributed by atoms with Crippen molar-refractivity contribution in [2.75, 3.05) is 0 Å². The number of hydrogen-bond acceptors (Lipinski definition) is 4. The van der Waals surface area contributed by atoms with E-state index in [1.807, 2.05) is 6.07 Å². The van der Waals surface area contributed by atoms with Crippen molar-refractivity contribution in [2.45, 2.75) is 30.9 Å². The number of rotatable bonds is 0. The Morgan fingerprint density at radius 3 is 3.17 bits per heavy atom. The quantitative estimate of drug-likeness (QED) is 0.752. The summed E-state index contributed by atoms with van der Waals surface area (Å²) in [5.41, 5.74) is 0.529. The van der Waals surface area contributed by atoms with Crippen LogP contribution in [0.2, 0.25) is 5.02 Å². The van der Waals surface area contributed by atoms with Crippen LogP contribution >= 0.6 is 11.6 Å². The number of aliphatic hydroxyl groups is 1. The second kappa shape index (κ2) is 4.07. The summed E-state index contributed by atoms with van der Waals surface area (Å²) in [6.07, 6.45) is 2.28. The lowest BCUT2D eigenvalue weighted by atomic mass is 9.73. The molecule has 1 heterocycles. The highest BCUT2D eigenvalue weighted by Gasteiger charge is 2.46. The second-order valence-electron chi connectivity index (χ2n) is 4.76. The zero-order valence-corrected chi connectivity index (χ0v) is 10.4. The normalized spacial score (nSPS) is 30.1. The van der Waals surface area contributed by atoms with E-state index in [1.54, 1.807) is 12.1 Å². The van der Waals surface area contributed by atoms with Crippen molar-refractivity contribution in [3.63, 3.8) is 0 Å². The minimum atomic E-state index is -0.861. The van der Waals surface area contributed by atoms with Crippen molar-refractivity contribution in [2.24, 2.45) is 4.99 Å². The van der Waals surface area contributed by atoms with Gasteiger partial charge in [-0.05, 0) is 12.5 Å². The molecule has 94 valence electrons. The molecular formula is C13H13ClN2O2. The van der Waals surface area contributed by atoms with E-state index in [-0.39, 0.29) is 5.78 Å². The van der Waals surface area contributed by atoms with Gasteiger partial charge in [-0.3, -0.25) is 4.79 Å². The number of carbonyl (C=O) groups excluding carboxylic acids is 1. The van der Waals surface area contributed by atoms with Crippen molar-refractivity contribution < 1.29 is 9.90 Å². The van der Waals surface area contributed by atoms with Gasteiger partial charge in [-0.25, -0.2) is 4.99 Å². The monoisotopic (exact) mass is 264 g/mol. The number of aliphatic imine (C=N–C) groups is 1. The van der Waals surface area contributed by atoms with Crippen LogP contribution in [0.5, 0.6) is 0 Å². The first-order valence-corrected chi connectivity index (χ1v) is 6.32. The SMILES string of the molecule is O=C1CCC(O)CC12NC=Nc1c(Cl)cccc12. The molecule has 1 aliphatic carbocycles. The van der Waals surface area contributed by atoms with Gasteiger partial charge in [-0.15, -0.1) is 0 Å². The van der Waals surface area contributed by atoms with E-state index in [1.165, 1.54) is 6.34 Å². The first-order valence-electron chi connectivity index (χ1n) is 5.94. The molecule has 2 aliphatic rings. The molecule has 2 N–H and O–H groups in total. The van der Waals surface area contributed by atoms with E-state index >= 15 is 0 Å². The maximum absolute atomic E-state index is 12.3. The van der Waals surface area contributed by atoms with Gasteiger partial charge in [0.2, 0.25) is 0 Å². The Morgan fingerprint density at radius 1 is 1.50 bits per heavy atom. The predicted octanol–water partition coefficient (Wildman–Crippen LogP) is 1.91. The minimum absolute atomic E-state index is 0.0856. The largest absolute Gasteiger partial charge is 0.393 e. The van der Waals surface area contributed by atoms with Gasteiger partial charge in [-0.1, -0.05) is 23.7 Å². The first kappa shape index (κ1) is 11.7. The summed E-state index contributed by atoms with van der Waals surface area (Å²) in [5.74, 6) is 0.0856. The minimum Gasteiger partial charge on any atom is -0.393 e. The summed E-state index contributed by atoms with van der Waals surface area (Å²) in [4.78, 5) is 16.5. The fraction of sp³-hybridized carbons (Fsp3) is 0.385. The van der Waals surface area contributed by atoms with Crippen LogP contribution in [0.15, 0.2) is 23.2 Å². The zero-order valence-electron chi connectivity index (χ0n) is 9.69. The van der Waals surface area contributed by atoms with Gasteiger partial charge in [0.1, 0.15) is 5.54 Å². The maximum atomic E-state index is 12.3. The van der Waals surface area contributed by atoms with E-state index in [0.29, 0.717) is 30.0 Å². The number of para-hydroxylation sites is 1. The highest BCUT2D eigenvalue weighted by molar-refractivity contribution is 6.33. The van der Waals surface area contributed by atoms with Crippen molar-refractivity contribution >= 4 is 29.4 Å². The lowest BCUT2D eigenvalue weighted by Gasteiger charge is -2.40. The number of nitrogens with one attached hydrogen (secondary N) is 1. The second-order valence-corrected chi connectivity index (χ2v) is 5.17. The summed E-state index contributed by atoms with van der Waals surface area (Å²) >= 11 is 6.11. The molecule has 1 spiro atoms. The van der Waals surface area contributed by atoms with E-state index in [4.69, 9.17) is 11.6 Å². The van der Waals surface area contributed by atoms with E-state index in [9.17, 15) is 9.90 Å². The Balaban J connectivity index is 2.17. The van der Waals surface area contributed by atoms with Crippen LogP contribution in [0.4, 0.5) is 5.69 Å². The summed E-state index contributed by atoms with van der Waals surface area (Å²) < 4.78 is 0. The molecule has 2 atom stereocenters. The van der Waals surface area contributed by atoms with Gasteiger partial charge in [0, 0.05) is 18.4 Å². The summed E-state index contributed by atoms with van der Waals surface area (Å²) in [7, 11) is 0. The molecule has 0 radical (unpaired) electrons. The number of nitrogens with zero attached hydrogens (tertiary/aromatic N) is 1. The van der Waals surface area contributed by atoms with Crippen LogP contribution < -0.4 is 5.32 Å². The van der Waals surface area contributed by atoms with E-state index in [0.717, 1.165) is 5.56 Å². The van der Waals surface area contributed by atoms with Gasteiger partial charge in [0.05, 0.1) is 23.2 Å². The molecule has 0 saturated heterocycles. The number of benzene rings is 1. The topological polar surface area (TPSA) is 61.7 Å². The fourth-order valence-corrected chi connectivity index (χ4v) is 2.98. The van der Waals surface area contributed by atoms with E-state index in [2.05, 4.69) is 10.3 Å². The van der Waals surface area contributed by atoms with Crippen LogP contribution in [-0.2, 0) is 10.3 Å². The molecule has 5 heteroatoms. The molecule has 1 aliphatic heterocycles. The molecule has 1 aromatic carbocycles. The highest BCUT2D eigenvalue weighted by Crippen LogP contribution is 2.43. The fourth-order valence-electron chi connectivity index (χ4n) is 2.76. The van der Waals surface area contributed by atoms with Gasteiger partial charge in [0.25, 0.3) is 0 Å². The number of hydrogen-bond donors (Lipinski definition) is 2. The Morgan fingerprint density at radius 2 is 2.33 bits per heavy atom. The third-order valence-electron chi connectivity index (χ3n) is 3.67. The van der Waals surface area contributed by atoms with Crippen molar-refractivity contribution in [3.8, 4) is 0 Å². The number of ketones is 1. The average Bonchev–Trinajstić information content (AvgIpc) is 2.36. The van der Waals surface area contributed by atoms with Gasteiger partial charge < -0.3 is 10.4 Å². The Bertz CT molecular complexity index is 544. The van der Waals surface area contributed by atoms with Crippen LogP contribution in [0.3, 0.4) is 0 Å². The molecule has 3 rings (SSSR count). The standard InChI is InChI=1S/C13H13ClN2O2/c14-10-3-1-2-9-12(10)15-7-16-13(9)6-8(17)4-5-11(13)18/h1-3,7-8,17H,4-6H2,(H,15,16). The van der Waals surface area contributed by atoms with Crippen LogP contribution in [0.25, 0.3) is 0 Å². The van der Waals surface area contributed by atoms with Crippen LogP contribution in [-0.4, -0.2) is 23.3 Å². The molecule has 1 fully saturated rings. The molecule has 4 nitrogen and oxygen atoms in total. The van der Waals surface area contributed by atoms with Crippen molar-refractivity contribution in [1.29, 1.82) is 0 Å². The summed E-state index contributed by atoms with van der Waals surface area (Å²) in [6, 6.07) is 5.40. The first-order chi connectivity index (χ1) is 8.63. The number of halogens is 1. The molecule has 0 bridgehead atoms. The maximum Gasteiger partial charge on any atom is 0.163 e. The number of Topliss-reactive ketones (excluding diaryl/α,β-unsaturated/α-hetero) is 1. The third kappa shape index (κ3) is 1.56. The molecule has 1 aromatic rings. The lowest BCUT2D eigenvalue weighted by molar-refractivity contribution is -0.130. The Hall–Kier alpha value is -1.39. The number of carbonyl (C=O) groups is 1. The van der Waals surface area contributed by atoms with Gasteiger partial charge in [-0.2, -0.15) is 0 Å². The van der Waals surface area contributed by atoms with Crippen LogP contribution in [0.1, 0.15) is 24.8 Å². The van der Waals surface area contributed by atoms with Crippen molar-refractivity contribution in [1.82, 2.24) is 5.32 Å². The van der Waals surface area contributed by atoms with Crippen molar-refractivity contribution in [3.05, 3.63) is 28.8 Å². The Labute approximate surface area is 110 Å². The molecule has 1 saturated carbocycles. The Kier molecular flexibility index (Phi) is 2.64. The molecule has 0 amide bonds. The number of fused-ring (bicyclic) bond motifs is 2. The summed E-state index contributed by atoms with van der Waals surface area (Å²) in [6.45, 7) is 0. The zero-order chi connectivity index (χ0) is 12.8. The average molecular weight is 265 g/mol. The van der Waals surface area contributed by atoms with Gasteiger partial charge in [0.15, 0.2) is 5.78 Å². The van der Waals surface area contributed by atoms with Gasteiger partial charge >= 0.3 is 0 Å². The third-order valence-corrected chi connectivity index (χ3v) is 3.98.